The highest BCUT2D eigenvalue weighted by Gasteiger charge is 2.10. The van der Waals surface area contributed by atoms with Crippen LogP contribution in [0.4, 0.5) is 0 Å². The summed E-state index contributed by atoms with van der Waals surface area (Å²) in [5.41, 5.74) is 1.21. The fourth-order valence-electron chi connectivity index (χ4n) is 2.54. The van der Waals surface area contributed by atoms with E-state index in [1.54, 1.807) is 0 Å². The topological polar surface area (TPSA) is 12.2 Å². The summed E-state index contributed by atoms with van der Waals surface area (Å²) >= 11 is 0. The van der Waals surface area contributed by atoms with Crippen LogP contribution in [0.1, 0.15) is 24.8 Å². The molecule has 0 atom stereocenters. The summed E-state index contributed by atoms with van der Waals surface area (Å²) in [7, 11) is 0. The van der Waals surface area contributed by atoms with Gasteiger partial charge in [0.1, 0.15) is 24.6 Å². The average Bonchev–Trinajstić information content (AvgIpc) is 2.50. The van der Waals surface area contributed by atoms with Gasteiger partial charge in [0.05, 0.1) is 0 Å². The number of hydrogen-bond donors (Lipinski definition) is 0. The van der Waals surface area contributed by atoms with Crippen LogP contribution >= 0.6 is 0 Å². The fourth-order valence-corrected chi connectivity index (χ4v) is 2.54. The van der Waals surface area contributed by atoms with Gasteiger partial charge in [0.15, 0.2) is 6.21 Å². The number of hydrogen-bond acceptors (Lipinski definition) is 1. The first-order chi connectivity index (χ1) is 9.90. The van der Waals surface area contributed by atoms with Crippen LogP contribution in [-0.2, 0) is 0 Å². The molecule has 1 aliphatic heterocycles. The summed E-state index contributed by atoms with van der Waals surface area (Å²) in [6.07, 6.45) is 6.21. The molecule has 1 aliphatic rings. The number of piperidine rings is 1. The van der Waals surface area contributed by atoms with E-state index in [0.717, 1.165) is 11.5 Å². The minimum atomic E-state index is 0.877. The Morgan fingerprint density at radius 2 is 1.55 bits per heavy atom. The minimum Gasteiger partial charge on any atom is -0.457 e. The second-order valence-electron chi connectivity index (χ2n) is 5.21. The van der Waals surface area contributed by atoms with Crippen molar-refractivity contribution in [3.8, 4) is 11.5 Å². The largest absolute Gasteiger partial charge is 0.457 e. The molecule has 2 aromatic carbocycles. The van der Waals surface area contributed by atoms with Gasteiger partial charge >= 0.3 is 0 Å². The van der Waals surface area contributed by atoms with E-state index in [-0.39, 0.29) is 0 Å². The lowest BCUT2D eigenvalue weighted by Gasteiger charge is -2.09. The number of para-hydroxylation sites is 1. The first kappa shape index (κ1) is 12.9. The van der Waals surface area contributed by atoms with Crippen molar-refractivity contribution < 1.29 is 9.31 Å². The summed E-state index contributed by atoms with van der Waals surface area (Å²) < 4.78 is 8.28. The van der Waals surface area contributed by atoms with Gasteiger partial charge in [0.25, 0.3) is 0 Å². The first-order valence-corrected chi connectivity index (χ1v) is 7.32. The second-order valence-corrected chi connectivity index (χ2v) is 5.21. The van der Waals surface area contributed by atoms with Crippen molar-refractivity contribution >= 4 is 6.21 Å². The molecule has 0 amide bonds. The molecule has 3 rings (SSSR count). The van der Waals surface area contributed by atoms with E-state index in [9.17, 15) is 0 Å². The average molecular weight is 266 g/mol. The predicted molar refractivity (Wildman–Crippen MR) is 82.0 cm³/mol. The van der Waals surface area contributed by atoms with Crippen molar-refractivity contribution in [3.05, 3.63) is 60.2 Å². The maximum absolute atomic E-state index is 5.87. The Bertz CT molecular complexity index is 581. The van der Waals surface area contributed by atoms with E-state index in [4.69, 9.17) is 4.74 Å². The highest BCUT2D eigenvalue weighted by atomic mass is 16.5. The third kappa shape index (κ3) is 3.47. The summed E-state index contributed by atoms with van der Waals surface area (Å²) in [4.78, 5) is 0. The van der Waals surface area contributed by atoms with Gasteiger partial charge in [-0.05, 0) is 36.8 Å². The van der Waals surface area contributed by atoms with E-state index >= 15 is 0 Å². The van der Waals surface area contributed by atoms with Gasteiger partial charge < -0.3 is 4.74 Å². The van der Waals surface area contributed by atoms with Gasteiger partial charge in [-0.3, -0.25) is 0 Å². The molecule has 0 aromatic heterocycles. The maximum atomic E-state index is 5.87. The van der Waals surface area contributed by atoms with Crippen LogP contribution in [0.5, 0.6) is 11.5 Å². The zero-order valence-electron chi connectivity index (χ0n) is 11.7. The van der Waals surface area contributed by atoms with E-state index in [0.29, 0.717) is 0 Å². The highest BCUT2D eigenvalue weighted by Crippen LogP contribution is 2.21. The van der Waals surface area contributed by atoms with Crippen molar-refractivity contribution in [3.63, 3.8) is 0 Å². The van der Waals surface area contributed by atoms with Crippen molar-refractivity contribution in [1.82, 2.24) is 0 Å². The zero-order valence-corrected chi connectivity index (χ0v) is 11.7. The predicted octanol–water partition coefficient (Wildman–Crippen LogP) is 4.09. The standard InChI is InChI=1S/C18H20NO/c1-3-9-17(10-4-1)20-18-11-7-8-16(14-18)15-19-12-5-2-6-13-19/h1,3-4,7-11,14-15H,2,5-6,12-13H2/q+1. The van der Waals surface area contributed by atoms with Crippen LogP contribution in [0.3, 0.4) is 0 Å². The van der Waals surface area contributed by atoms with Gasteiger partial charge in [-0.25, -0.2) is 4.58 Å². The Labute approximate surface area is 120 Å². The molecule has 1 heterocycles. The minimum absolute atomic E-state index is 0.877. The maximum Gasteiger partial charge on any atom is 0.170 e. The van der Waals surface area contributed by atoms with Crippen LogP contribution in [0, 0.1) is 0 Å². The van der Waals surface area contributed by atoms with Gasteiger partial charge in [0, 0.05) is 18.4 Å². The molecular formula is C18H20NO+. The van der Waals surface area contributed by atoms with Gasteiger partial charge in [-0.2, -0.15) is 0 Å². The molecule has 1 saturated heterocycles. The Morgan fingerprint density at radius 1 is 0.800 bits per heavy atom. The lowest BCUT2D eigenvalue weighted by atomic mass is 10.1. The highest BCUT2D eigenvalue weighted by molar-refractivity contribution is 5.76. The van der Waals surface area contributed by atoms with E-state index in [2.05, 4.69) is 22.9 Å². The lowest BCUT2D eigenvalue weighted by Crippen LogP contribution is -2.21. The molecule has 0 spiro atoms. The van der Waals surface area contributed by atoms with Gasteiger partial charge in [-0.15, -0.1) is 0 Å². The molecule has 102 valence electrons. The first-order valence-electron chi connectivity index (χ1n) is 7.32. The Hall–Kier alpha value is -2.09. The van der Waals surface area contributed by atoms with Crippen LogP contribution in [0.2, 0.25) is 0 Å². The zero-order chi connectivity index (χ0) is 13.6. The molecule has 0 radical (unpaired) electrons. The van der Waals surface area contributed by atoms with Crippen LogP contribution in [0.15, 0.2) is 54.6 Å². The molecule has 2 aromatic rings. The van der Waals surface area contributed by atoms with Crippen molar-refractivity contribution in [2.24, 2.45) is 0 Å². The molecular weight excluding hydrogens is 246 g/mol. The monoisotopic (exact) mass is 266 g/mol. The number of ether oxygens (including phenoxy) is 1. The smallest absolute Gasteiger partial charge is 0.170 e. The quantitative estimate of drug-likeness (QED) is 0.762. The third-order valence-corrected chi connectivity index (χ3v) is 3.56. The number of benzene rings is 2. The van der Waals surface area contributed by atoms with E-state index in [1.807, 2.05) is 42.5 Å². The van der Waals surface area contributed by atoms with Crippen molar-refractivity contribution in [1.29, 1.82) is 0 Å². The molecule has 20 heavy (non-hydrogen) atoms. The number of nitrogens with zero attached hydrogens (tertiary/aromatic N) is 1. The summed E-state index contributed by atoms with van der Waals surface area (Å²) in [6.45, 7) is 2.34. The molecule has 0 saturated carbocycles. The summed E-state index contributed by atoms with van der Waals surface area (Å²) in [5.74, 6) is 1.77. The van der Waals surface area contributed by atoms with Crippen LogP contribution in [-0.4, -0.2) is 23.9 Å². The van der Waals surface area contributed by atoms with Crippen LogP contribution in [0.25, 0.3) is 0 Å². The Balaban J connectivity index is 1.75. The lowest BCUT2D eigenvalue weighted by molar-refractivity contribution is -0.532. The molecule has 0 aliphatic carbocycles. The van der Waals surface area contributed by atoms with Gasteiger partial charge in [0.2, 0.25) is 0 Å². The van der Waals surface area contributed by atoms with Crippen LogP contribution < -0.4 is 4.74 Å². The molecule has 0 unspecified atom stereocenters. The summed E-state index contributed by atoms with van der Waals surface area (Å²) in [5, 5.41) is 0. The fraction of sp³-hybridized carbons (Fsp3) is 0.278. The second kappa shape index (κ2) is 6.38. The molecule has 2 nitrogen and oxygen atoms in total. The Kier molecular flexibility index (Phi) is 4.12. The molecule has 1 fully saturated rings. The molecule has 0 bridgehead atoms. The molecule has 0 N–H and O–H groups in total. The van der Waals surface area contributed by atoms with Crippen molar-refractivity contribution in [2.45, 2.75) is 19.3 Å². The number of rotatable bonds is 3. The van der Waals surface area contributed by atoms with Crippen molar-refractivity contribution in [2.75, 3.05) is 13.1 Å². The van der Waals surface area contributed by atoms with E-state index < -0.39 is 0 Å². The summed E-state index contributed by atoms with van der Waals surface area (Å²) in [6, 6.07) is 18.2. The van der Waals surface area contributed by atoms with Gasteiger partial charge in [-0.1, -0.05) is 24.3 Å². The Morgan fingerprint density at radius 3 is 2.35 bits per heavy atom. The third-order valence-electron chi connectivity index (χ3n) is 3.56. The SMILES string of the molecule is C(c1cccc(Oc2ccccc2)c1)=[N+]1CCCCC1. The molecule has 2 heteroatoms. The normalized spacial score (nSPS) is 14.9. The van der Waals surface area contributed by atoms with E-state index in [1.165, 1.54) is 37.9 Å².